The Morgan fingerprint density at radius 3 is 2.23 bits per heavy atom. The summed E-state index contributed by atoms with van der Waals surface area (Å²) in [7, 11) is -1.43. The van der Waals surface area contributed by atoms with E-state index in [4.69, 9.17) is 4.74 Å². The first-order chi connectivity index (χ1) is 13.4. The molecule has 1 saturated heterocycles. The lowest BCUT2D eigenvalue weighted by molar-refractivity contribution is 0.0491. The fourth-order valence-electron chi connectivity index (χ4n) is 2.97. The summed E-state index contributed by atoms with van der Waals surface area (Å²) < 4.78 is 30.9. The van der Waals surface area contributed by atoms with Crippen LogP contribution < -0.4 is 16.0 Å². The predicted molar refractivity (Wildman–Crippen MR) is 132 cm³/mol. The molecule has 3 N–H and O–H groups in total. The van der Waals surface area contributed by atoms with Crippen LogP contribution in [0, 0.1) is 5.92 Å². The van der Waals surface area contributed by atoms with Crippen molar-refractivity contribution in [3.8, 4) is 0 Å². The molecule has 1 amide bonds. The van der Waals surface area contributed by atoms with Crippen molar-refractivity contribution in [3.05, 3.63) is 0 Å². The number of rotatable bonds is 7. The number of hydrogen-bond acceptors (Lipinski definition) is 5. The van der Waals surface area contributed by atoms with Crippen LogP contribution in [0.5, 0.6) is 0 Å². The third-order valence-corrected chi connectivity index (χ3v) is 6.65. The summed E-state index contributed by atoms with van der Waals surface area (Å²) in [6.07, 6.45) is 1.01. The van der Waals surface area contributed by atoms with Gasteiger partial charge in [-0.3, -0.25) is 4.99 Å². The van der Waals surface area contributed by atoms with Crippen LogP contribution in [0.1, 0.15) is 54.4 Å². The van der Waals surface area contributed by atoms with Crippen molar-refractivity contribution in [2.75, 3.05) is 32.4 Å². The maximum atomic E-state index is 12.1. The van der Waals surface area contributed by atoms with Crippen LogP contribution >= 0.6 is 24.0 Å². The lowest BCUT2D eigenvalue weighted by Gasteiger charge is -2.32. The van der Waals surface area contributed by atoms with Gasteiger partial charge in [-0.05, 0) is 46.5 Å². The number of alkyl carbamates (subject to hydrolysis) is 1. The number of guanidine groups is 1. The topological polar surface area (TPSA) is 112 Å². The molecule has 178 valence electrons. The van der Waals surface area contributed by atoms with Gasteiger partial charge in [-0.1, -0.05) is 13.8 Å². The maximum absolute atomic E-state index is 12.1. The van der Waals surface area contributed by atoms with E-state index in [0.717, 1.165) is 12.8 Å². The monoisotopic (exact) mass is 561 g/mol. The quantitative estimate of drug-likeness (QED) is 0.250. The minimum absolute atomic E-state index is 0. The van der Waals surface area contributed by atoms with Gasteiger partial charge in [-0.15, -0.1) is 24.0 Å². The normalized spacial score (nSPS) is 17.8. The Morgan fingerprint density at radius 1 is 1.23 bits per heavy atom. The van der Waals surface area contributed by atoms with E-state index in [-0.39, 0.29) is 47.7 Å². The van der Waals surface area contributed by atoms with Gasteiger partial charge >= 0.3 is 6.09 Å². The Kier molecular flexibility index (Phi) is 12.5. The molecule has 1 unspecified atom stereocenters. The van der Waals surface area contributed by atoms with E-state index in [2.05, 4.69) is 20.9 Å². The third-order valence-electron chi connectivity index (χ3n) is 4.77. The Bertz CT molecular complexity index is 656. The van der Waals surface area contributed by atoms with Crippen LogP contribution in [0.3, 0.4) is 0 Å². The van der Waals surface area contributed by atoms with Gasteiger partial charge in [0.2, 0.25) is 10.0 Å². The summed E-state index contributed by atoms with van der Waals surface area (Å²) in [6.45, 7) is 12.8. The van der Waals surface area contributed by atoms with E-state index in [9.17, 15) is 13.2 Å². The maximum Gasteiger partial charge on any atom is 0.407 e. The Morgan fingerprint density at radius 2 is 1.80 bits per heavy atom. The molecule has 0 aromatic heterocycles. The summed E-state index contributed by atoms with van der Waals surface area (Å²) in [5.41, 5.74) is -0.545. The highest BCUT2D eigenvalue weighted by atomic mass is 127. The number of piperidine rings is 1. The van der Waals surface area contributed by atoms with Crippen molar-refractivity contribution in [2.24, 2.45) is 10.9 Å². The molecule has 11 heteroatoms. The molecule has 0 aromatic rings. The molecule has 1 aliphatic rings. The van der Waals surface area contributed by atoms with Crippen LogP contribution in [-0.4, -0.2) is 74.9 Å². The van der Waals surface area contributed by atoms with Gasteiger partial charge in [0.05, 0.1) is 11.8 Å². The number of amides is 1. The number of ether oxygens (including phenoxy) is 1. The van der Waals surface area contributed by atoms with Crippen LogP contribution in [0.2, 0.25) is 0 Å². The molecule has 1 fully saturated rings. The smallest absolute Gasteiger partial charge is 0.407 e. The molecular weight excluding hydrogens is 521 g/mol. The van der Waals surface area contributed by atoms with E-state index >= 15 is 0 Å². The van der Waals surface area contributed by atoms with Crippen molar-refractivity contribution in [1.29, 1.82) is 0 Å². The molecule has 0 radical (unpaired) electrons. The van der Waals surface area contributed by atoms with Crippen molar-refractivity contribution in [3.63, 3.8) is 0 Å². The minimum atomic E-state index is -3.13. The Hall–Kier alpha value is -0.820. The first-order valence-electron chi connectivity index (χ1n) is 10.3. The van der Waals surface area contributed by atoms with E-state index in [1.165, 1.54) is 0 Å². The number of nitrogens with zero attached hydrogens (tertiary/aromatic N) is 2. The van der Waals surface area contributed by atoms with Crippen molar-refractivity contribution in [1.82, 2.24) is 20.3 Å². The zero-order valence-corrected chi connectivity index (χ0v) is 22.5. The first-order valence-corrected chi connectivity index (χ1v) is 11.9. The van der Waals surface area contributed by atoms with E-state index in [1.807, 2.05) is 34.6 Å². The molecule has 1 heterocycles. The summed E-state index contributed by atoms with van der Waals surface area (Å²) in [5, 5.41) is 9.52. The average molecular weight is 562 g/mol. The second-order valence-electron chi connectivity index (χ2n) is 8.67. The molecule has 0 bridgehead atoms. The number of aliphatic imine (C=N–C) groups is 1. The third kappa shape index (κ3) is 10.5. The highest BCUT2D eigenvalue weighted by Crippen LogP contribution is 2.14. The Balaban J connectivity index is 0.00000841. The standard InChI is InChI=1S/C19H39N5O4S.HI/c1-8-29(26,27)24-11-9-15(10-12-24)22-17(20-7)21-13-16(14(2)3)23-18(25)28-19(4,5)6;/h14-16H,8-13H2,1-7H3,(H,23,25)(H2,20,21,22);1H. The van der Waals surface area contributed by atoms with Crippen LogP contribution in [0.25, 0.3) is 0 Å². The summed E-state index contributed by atoms with van der Waals surface area (Å²) in [5.74, 6) is 0.976. The SMILES string of the molecule is CCS(=O)(=O)N1CCC(NC(=NC)NCC(NC(=O)OC(C)(C)C)C(C)C)CC1.I. The molecule has 1 aliphatic heterocycles. The molecule has 1 rings (SSSR count). The highest BCUT2D eigenvalue weighted by molar-refractivity contribution is 14.0. The molecular formula is C19H40IN5O4S. The van der Waals surface area contributed by atoms with Gasteiger partial charge in [0.25, 0.3) is 0 Å². The molecule has 0 aliphatic carbocycles. The van der Waals surface area contributed by atoms with Crippen LogP contribution in [0.15, 0.2) is 4.99 Å². The van der Waals surface area contributed by atoms with Crippen LogP contribution in [-0.2, 0) is 14.8 Å². The van der Waals surface area contributed by atoms with Gasteiger partial charge < -0.3 is 20.7 Å². The number of nitrogens with one attached hydrogen (secondary N) is 3. The van der Waals surface area contributed by atoms with Gasteiger partial charge in [-0.2, -0.15) is 0 Å². The second-order valence-corrected chi connectivity index (χ2v) is 10.9. The van der Waals surface area contributed by atoms with Gasteiger partial charge in [0.15, 0.2) is 5.96 Å². The van der Waals surface area contributed by atoms with Gasteiger partial charge in [0.1, 0.15) is 5.60 Å². The lowest BCUT2D eigenvalue weighted by atomic mass is 10.0. The molecule has 30 heavy (non-hydrogen) atoms. The van der Waals surface area contributed by atoms with Gasteiger partial charge in [0, 0.05) is 32.7 Å². The van der Waals surface area contributed by atoms with Crippen molar-refractivity contribution >= 4 is 46.1 Å². The van der Waals surface area contributed by atoms with Gasteiger partial charge in [-0.25, -0.2) is 17.5 Å². The number of sulfonamides is 1. The zero-order valence-electron chi connectivity index (χ0n) is 19.3. The minimum Gasteiger partial charge on any atom is -0.444 e. The summed E-state index contributed by atoms with van der Waals surface area (Å²) in [6, 6.07) is 0.0285. The Labute approximate surface area is 199 Å². The molecule has 0 saturated carbocycles. The number of hydrogen-bond donors (Lipinski definition) is 3. The number of carbonyl (C=O) groups is 1. The first kappa shape index (κ1) is 29.2. The molecule has 0 aromatic carbocycles. The number of halogens is 1. The van der Waals surface area contributed by atoms with Crippen molar-refractivity contribution < 1.29 is 17.9 Å². The van der Waals surface area contributed by atoms with E-state index < -0.39 is 21.7 Å². The fraction of sp³-hybridized carbons (Fsp3) is 0.895. The molecule has 9 nitrogen and oxygen atoms in total. The summed E-state index contributed by atoms with van der Waals surface area (Å²) in [4.78, 5) is 16.3. The van der Waals surface area contributed by atoms with E-state index in [0.29, 0.717) is 25.6 Å². The molecule has 0 spiro atoms. The van der Waals surface area contributed by atoms with Crippen molar-refractivity contribution in [2.45, 2.75) is 72.1 Å². The lowest BCUT2D eigenvalue weighted by Crippen LogP contribution is -2.53. The zero-order chi connectivity index (χ0) is 22.2. The highest BCUT2D eigenvalue weighted by Gasteiger charge is 2.27. The van der Waals surface area contributed by atoms with Crippen LogP contribution in [0.4, 0.5) is 4.79 Å². The second kappa shape index (κ2) is 12.9. The molecule has 1 atom stereocenters. The van der Waals surface area contributed by atoms with E-state index in [1.54, 1.807) is 18.3 Å². The average Bonchev–Trinajstić information content (AvgIpc) is 2.62. The largest absolute Gasteiger partial charge is 0.444 e. The fourth-order valence-corrected chi connectivity index (χ4v) is 4.10. The summed E-state index contributed by atoms with van der Waals surface area (Å²) >= 11 is 0. The number of carbonyl (C=O) groups excluding carboxylic acids is 1. The predicted octanol–water partition coefficient (Wildman–Crippen LogP) is 2.13.